The molecule has 1 aromatic heterocycles. The molecule has 6 heteroatoms. The first-order chi connectivity index (χ1) is 8.60. The zero-order valence-corrected chi connectivity index (χ0v) is 10.3. The van der Waals surface area contributed by atoms with Gasteiger partial charge in [0.2, 0.25) is 0 Å². The van der Waals surface area contributed by atoms with E-state index in [0.717, 1.165) is 15.6 Å². The van der Waals surface area contributed by atoms with E-state index in [-0.39, 0.29) is 5.69 Å². The zero-order chi connectivity index (χ0) is 13.1. The SMILES string of the molecule is Cc1cc(C#N)c(Nc2ccc([N+](=O)[O-])cc2)s1. The molecule has 0 saturated heterocycles. The number of non-ortho nitro benzene ring substituents is 1. The summed E-state index contributed by atoms with van der Waals surface area (Å²) in [6.45, 7) is 1.92. The number of nitrogens with zero attached hydrogens (tertiary/aromatic N) is 2. The van der Waals surface area contributed by atoms with Gasteiger partial charge < -0.3 is 5.32 Å². The van der Waals surface area contributed by atoms with Gasteiger partial charge in [-0.3, -0.25) is 10.1 Å². The summed E-state index contributed by atoms with van der Waals surface area (Å²) in [6, 6.07) is 10.00. The Morgan fingerprint density at radius 2 is 2.06 bits per heavy atom. The largest absolute Gasteiger partial charge is 0.346 e. The van der Waals surface area contributed by atoms with Crippen LogP contribution in [0.2, 0.25) is 0 Å². The third-order valence-electron chi connectivity index (χ3n) is 2.31. The van der Waals surface area contributed by atoms with E-state index < -0.39 is 4.92 Å². The van der Waals surface area contributed by atoms with Crippen molar-refractivity contribution in [1.29, 1.82) is 5.26 Å². The highest BCUT2D eigenvalue weighted by molar-refractivity contribution is 7.16. The fourth-order valence-electron chi connectivity index (χ4n) is 1.49. The maximum atomic E-state index is 10.5. The average Bonchev–Trinajstić information content (AvgIpc) is 2.70. The van der Waals surface area contributed by atoms with E-state index in [0.29, 0.717) is 5.56 Å². The lowest BCUT2D eigenvalue weighted by atomic mass is 10.2. The first kappa shape index (κ1) is 12.1. The molecule has 0 saturated carbocycles. The van der Waals surface area contributed by atoms with Crippen LogP contribution in [0.4, 0.5) is 16.4 Å². The lowest BCUT2D eigenvalue weighted by Crippen LogP contribution is -1.91. The summed E-state index contributed by atoms with van der Waals surface area (Å²) in [5.74, 6) is 0. The van der Waals surface area contributed by atoms with Crippen LogP contribution < -0.4 is 5.32 Å². The van der Waals surface area contributed by atoms with Crippen molar-refractivity contribution >= 4 is 27.7 Å². The van der Waals surface area contributed by atoms with Crippen LogP contribution in [0.15, 0.2) is 30.3 Å². The summed E-state index contributed by atoms with van der Waals surface area (Å²) in [7, 11) is 0. The number of benzene rings is 1. The van der Waals surface area contributed by atoms with E-state index in [9.17, 15) is 10.1 Å². The Morgan fingerprint density at radius 3 is 2.61 bits per heavy atom. The number of hydrogen-bond donors (Lipinski definition) is 1. The van der Waals surface area contributed by atoms with Gasteiger partial charge in [0.15, 0.2) is 0 Å². The lowest BCUT2D eigenvalue weighted by molar-refractivity contribution is -0.384. The van der Waals surface area contributed by atoms with Gasteiger partial charge in [0, 0.05) is 22.7 Å². The first-order valence-electron chi connectivity index (χ1n) is 5.12. The summed E-state index contributed by atoms with van der Waals surface area (Å²) in [6.07, 6.45) is 0. The molecule has 18 heavy (non-hydrogen) atoms. The maximum Gasteiger partial charge on any atom is 0.269 e. The highest BCUT2D eigenvalue weighted by Crippen LogP contribution is 2.30. The summed E-state index contributed by atoms with van der Waals surface area (Å²) in [5.41, 5.74) is 1.35. The molecule has 0 radical (unpaired) electrons. The van der Waals surface area contributed by atoms with Gasteiger partial charge in [-0.05, 0) is 25.1 Å². The molecule has 0 fully saturated rings. The Morgan fingerprint density at radius 1 is 1.39 bits per heavy atom. The molecule has 1 N–H and O–H groups in total. The predicted octanol–water partition coefficient (Wildman–Crippen LogP) is 3.58. The van der Waals surface area contributed by atoms with Crippen LogP contribution in [0.1, 0.15) is 10.4 Å². The second kappa shape index (κ2) is 4.85. The number of nitro groups is 1. The average molecular weight is 259 g/mol. The first-order valence-corrected chi connectivity index (χ1v) is 5.94. The second-order valence-corrected chi connectivity index (χ2v) is 4.90. The number of aryl methyl sites for hydroxylation is 1. The minimum Gasteiger partial charge on any atom is -0.346 e. The van der Waals surface area contributed by atoms with Crippen LogP contribution in [-0.2, 0) is 0 Å². The molecule has 0 amide bonds. The molecule has 1 heterocycles. The molecule has 5 nitrogen and oxygen atoms in total. The van der Waals surface area contributed by atoms with Gasteiger partial charge >= 0.3 is 0 Å². The molecular formula is C12H9N3O2S. The Labute approximate surface area is 107 Å². The highest BCUT2D eigenvalue weighted by atomic mass is 32.1. The van der Waals surface area contributed by atoms with Crippen LogP contribution in [0.3, 0.4) is 0 Å². The van der Waals surface area contributed by atoms with E-state index in [1.165, 1.54) is 23.5 Å². The summed E-state index contributed by atoms with van der Waals surface area (Å²) >= 11 is 1.48. The van der Waals surface area contributed by atoms with E-state index in [1.54, 1.807) is 18.2 Å². The molecule has 0 spiro atoms. The number of nitrogens with one attached hydrogen (secondary N) is 1. The van der Waals surface area contributed by atoms with Crippen molar-refractivity contribution in [2.24, 2.45) is 0 Å². The molecular weight excluding hydrogens is 250 g/mol. The monoisotopic (exact) mass is 259 g/mol. The smallest absolute Gasteiger partial charge is 0.269 e. The van der Waals surface area contributed by atoms with Gasteiger partial charge in [0.1, 0.15) is 11.1 Å². The quantitative estimate of drug-likeness (QED) is 0.675. The molecule has 90 valence electrons. The Balaban J connectivity index is 2.24. The van der Waals surface area contributed by atoms with Crippen molar-refractivity contribution < 1.29 is 4.92 Å². The van der Waals surface area contributed by atoms with E-state index in [4.69, 9.17) is 5.26 Å². The third kappa shape index (κ3) is 2.47. The molecule has 0 aliphatic carbocycles. The summed E-state index contributed by atoms with van der Waals surface area (Å²) in [5, 5.41) is 23.3. The van der Waals surface area contributed by atoms with Gasteiger partial charge in [0.25, 0.3) is 5.69 Å². The maximum absolute atomic E-state index is 10.5. The standard InChI is InChI=1S/C12H9N3O2S/c1-8-6-9(7-13)12(18-8)14-10-2-4-11(5-3-10)15(16)17/h2-6,14H,1H3. The number of rotatable bonds is 3. The molecule has 0 unspecified atom stereocenters. The Bertz CT molecular complexity index is 626. The molecule has 0 aliphatic rings. The molecule has 0 aliphatic heterocycles. The number of thiophene rings is 1. The van der Waals surface area contributed by atoms with Crippen molar-refractivity contribution in [2.45, 2.75) is 6.92 Å². The number of nitro benzene ring substituents is 1. The molecule has 2 rings (SSSR count). The van der Waals surface area contributed by atoms with Gasteiger partial charge in [-0.2, -0.15) is 5.26 Å². The van der Waals surface area contributed by atoms with Crippen molar-refractivity contribution in [2.75, 3.05) is 5.32 Å². The van der Waals surface area contributed by atoms with Gasteiger partial charge in [0.05, 0.1) is 10.5 Å². The van der Waals surface area contributed by atoms with Crippen LogP contribution in [0.5, 0.6) is 0 Å². The highest BCUT2D eigenvalue weighted by Gasteiger charge is 2.08. The van der Waals surface area contributed by atoms with Gasteiger partial charge in [-0.1, -0.05) is 0 Å². The van der Waals surface area contributed by atoms with E-state index in [2.05, 4.69) is 11.4 Å². The fraction of sp³-hybridized carbons (Fsp3) is 0.0833. The van der Waals surface area contributed by atoms with E-state index in [1.807, 2.05) is 6.92 Å². The van der Waals surface area contributed by atoms with Crippen molar-refractivity contribution in [3.63, 3.8) is 0 Å². The number of anilines is 2. The number of hydrogen-bond acceptors (Lipinski definition) is 5. The van der Waals surface area contributed by atoms with Crippen molar-refractivity contribution in [3.05, 3.63) is 50.9 Å². The summed E-state index contributed by atoms with van der Waals surface area (Å²) in [4.78, 5) is 11.1. The number of nitriles is 1. The fourth-order valence-corrected chi connectivity index (χ4v) is 2.37. The summed E-state index contributed by atoms with van der Waals surface area (Å²) < 4.78 is 0. The molecule has 0 bridgehead atoms. The van der Waals surface area contributed by atoms with Gasteiger partial charge in [-0.25, -0.2) is 0 Å². The second-order valence-electron chi connectivity index (χ2n) is 3.64. The van der Waals surface area contributed by atoms with Gasteiger partial charge in [-0.15, -0.1) is 11.3 Å². The van der Waals surface area contributed by atoms with Crippen LogP contribution >= 0.6 is 11.3 Å². The Hall–Kier alpha value is -2.39. The van der Waals surface area contributed by atoms with Crippen molar-refractivity contribution in [3.8, 4) is 6.07 Å². The van der Waals surface area contributed by atoms with Crippen LogP contribution in [0, 0.1) is 28.4 Å². The lowest BCUT2D eigenvalue weighted by Gasteiger charge is -2.03. The normalized spacial score (nSPS) is 9.78. The van der Waals surface area contributed by atoms with E-state index >= 15 is 0 Å². The molecule has 0 atom stereocenters. The minimum absolute atomic E-state index is 0.0448. The zero-order valence-electron chi connectivity index (χ0n) is 9.51. The van der Waals surface area contributed by atoms with Crippen molar-refractivity contribution in [1.82, 2.24) is 0 Å². The van der Waals surface area contributed by atoms with Crippen LogP contribution in [-0.4, -0.2) is 4.92 Å². The Kier molecular flexibility index (Phi) is 3.26. The minimum atomic E-state index is -0.445. The predicted molar refractivity (Wildman–Crippen MR) is 70.2 cm³/mol. The topological polar surface area (TPSA) is 79.0 Å². The van der Waals surface area contributed by atoms with Crippen LogP contribution in [0.25, 0.3) is 0 Å². The molecule has 1 aromatic carbocycles. The molecule has 2 aromatic rings. The third-order valence-corrected chi connectivity index (χ3v) is 3.28.